The Labute approximate surface area is 105 Å². The molecule has 0 fully saturated rings. The summed E-state index contributed by atoms with van der Waals surface area (Å²) in [6.45, 7) is 2.60. The molecule has 2 aromatic rings. The van der Waals surface area contributed by atoms with E-state index < -0.39 is 0 Å². The van der Waals surface area contributed by atoms with Gasteiger partial charge in [0.2, 0.25) is 11.7 Å². The molecule has 2 aromatic heterocycles. The van der Waals surface area contributed by atoms with Crippen molar-refractivity contribution in [3.63, 3.8) is 0 Å². The van der Waals surface area contributed by atoms with E-state index in [9.17, 15) is 0 Å². The highest BCUT2D eigenvalue weighted by Crippen LogP contribution is 2.23. The van der Waals surface area contributed by atoms with Crippen molar-refractivity contribution in [3.8, 4) is 11.6 Å². The Bertz CT molecular complexity index is 492. The molecule has 98 valence electrons. The number of hydrogen-bond acceptors (Lipinski definition) is 6. The third-order valence-corrected chi connectivity index (χ3v) is 2.69. The van der Waals surface area contributed by atoms with Crippen molar-refractivity contribution in [1.29, 1.82) is 0 Å². The van der Waals surface area contributed by atoms with E-state index in [1.165, 1.54) is 0 Å². The summed E-state index contributed by atoms with van der Waals surface area (Å²) in [5.41, 5.74) is 6.93. The monoisotopic (exact) mass is 251 g/mol. The average molecular weight is 251 g/mol. The first-order valence-corrected chi connectivity index (χ1v) is 5.85. The molecular formula is C12H17N3O3. The van der Waals surface area contributed by atoms with E-state index in [1.807, 2.05) is 13.0 Å². The van der Waals surface area contributed by atoms with E-state index in [0.717, 1.165) is 18.4 Å². The highest BCUT2D eigenvalue weighted by molar-refractivity contribution is 5.51. The lowest BCUT2D eigenvalue weighted by atomic mass is 10.2. The SMILES string of the molecule is COCCCC(N)c1nc(-c2occc2C)no1. The molecule has 2 rings (SSSR count). The maximum atomic E-state index is 5.96. The fraction of sp³-hybridized carbons (Fsp3) is 0.500. The van der Waals surface area contributed by atoms with Crippen LogP contribution >= 0.6 is 0 Å². The van der Waals surface area contributed by atoms with Gasteiger partial charge in [0.15, 0.2) is 5.76 Å². The first-order chi connectivity index (χ1) is 8.72. The second-order valence-corrected chi connectivity index (χ2v) is 4.13. The second kappa shape index (κ2) is 5.79. The lowest BCUT2D eigenvalue weighted by Gasteiger charge is -2.04. The van der Waals surface area contributed by atoms with Crippen LogP contribution in [0.5, 0.6) is 0 Å². The Morgan fingerprint density at radius 2 is 2.33 bits per heavy atom. The highest BCUT2D eigenvalue weighted by Gasteiger charge is 2.18. The van der Waals surface area contributed by atoms with Crippen LogP contribution in [0.25, 0.3) is 11.6 Å². The molecule has 0 amide bonds. The molecule has 0 aliphatic heterocycles. The first-order valence-electron chi connectivity index (χ1n) is 5.85. The van der Waals surface area contributed by atoms with Crippen LogP contribution in [0, 0.1) is 6.92 Å². The normalized spacial score (nSPS) is 12.8. The minimum absolute atomic E-state index is 0.267. The quantitative estimate of drug-likeness (QED) is 0.791. The number of furan rings is 1. The first kappa shape index (κ1) is 12.8. The van der Waals surface area contributed by atoms with Crippen molar-refractivity contribution in [3.05, 3.63) is 23.8 Å². The van der Waals surface area contributed by atoms with Gasteiger partial charge < -0.3 is 19.4 Å². The predicted octanol–water partition coefficient (Wildman–Crippen LogP) is 2.06. The average Bonchev–Trinajstić information content (AvgIpc) is 2.97. The van der Waals surface area contributed by atoms with Crippen molar-refractivity contribution >= 4 is 0 Å². The topological polar surface area (TPSA) is 87.3 Å². The summed E-state index contributed by atoms with van der Waals surface area (Å²) in [5, 5.41) is 3.88. The van der Waals surface area contributed by atoms with E-state index in [-0.39, 0.29) is 6.04 Å². The number of ether oxygens (including phenoxy) is 1. The maximum absolute atomic E-state index is 5.96. The van der Waals surface area contributed by atoms with Crippen molar-refractivity contribution in [1.82, 2.24) is 10.1 Å². The van der Waals surface area contributed by atoms with Gasteiger partial charge in [0, 0.05) is 13.7 Å². The van der Waals surface area contributed by atoms with Crippen LogP contribution in [-0.2, 0) is 4.74 Å². The molecule has 6 heteroatoms. The van der Waals surface area contributed by atoms with Gasteiger partial charge in [-0.3, -0.25) is 0 Å². The zero-order valence-electron chi connectivity index (χ0n) is 10.5. The Hall–Kier alpha value is -1.66. The lowest BCUT2D eigenvalue weighted by Crippen LogP contribution is -2.11. The molecule has 0 spiro atoms. The van der Waals surface area contributed by atoms with E-state index in [2.05, 4.69) is 10.1 Å². The number of aryl methyl sites for hydroxylation is 1. The summed E-state index contributed by atoms with van der Waals surface area (Å²) in [5.74, 6) is 1.49. The standard InChI is InChI=1S/C12H17N3O3/c1-8-5-7-17-10(8)11-14-12(18-15-11)9(13)4-3-6-16-2/h5,7,9H,3-4,6,13H2,1-2H3. The lowest BCUT2D eigenvalue weighted by molar-refractivity contribution is 0.188. The van der Waals surface area contributed by atoms with Gasteiger partial charge in [-0.2, -0.15) is 4.98 Å². The van der Waals surface area contributed by atoms with Crippen molar-refractivity contribution < 1.29 is 13.7 Å². The Morgan fingerprint density at radius 3 is 3.00 bits per heavy atom. The molecule has 0 bridgehead atoms. The molecule has 2 heterocycles. The van der Waals surface area contributed by atoms with Gasteiger partial charge in [-0.05, 0) is 31.4 Å². The minimum Gasteiger partial charge on any atom is -0.461 e. The van der Waals surface area contributed by atoms with Crippen LogP contribution < -0.4 is 5.73 Å². The van der Waals surface area contributed by atoms with E-state index in [1.54, 1.807) is 13.4 Å². The molecule has 0 saturated heterocycles. The second-order valence-electron chi connectivity index (χ2n) is 4.13. The molecule has 0 aliphatic carbocycles. The summed E-state index contributed by atoms with van der Waals surface area (Å²) < 4.78 is 15.4. The van der Waals surface area contributed by atoms with Crippen LogP contribution in [0.4, 0.5) is 0 Å². The molecule has 0 aliphatic rings. The minimum atomic E-state index is -0.267. The molecule has 18 heavy (non-hydrogen) atoms. The third kappa shape index (κ3) is 2.77. The number of methoxy groups -OCH3 is 1. The van der Waals surface area contributed by atoms with Gasteiger partial charge in [-0.25, -0.2) is 0 Å². The summed E-state index contributed by atoms with van der Waals surface area (Å²) in [6, 6.07) is 1.58. The fourth-order valence-corrected chi connectivity index (χ4v) is 1.65. The molecule has 0 radical (unpaired) electrons. The Kier molecular flexibility index (Phi) is 4.11. The number of hydrogen-bond donors (Lipinski definition) is 1. The fourth-order valence-electron chi connectivity index (χ4n) is 1.65. The van der Waals surface area contributed by atoms with Gasteiger partial charge in [-0.1, -0.05) is 5.16 Å². The molecule has 1 unspecified atom stereocenters. The van der Waals surface area contributed by atoms with Gasteiger partial charge in [0.05, 0.1) is 12.3 Å². The Balaban J connectivity index is 2.04. The number of rotatable bonds is 6. The molecular weight excluding hydrogens is 234 g/mol. The predicted molar refractivity (Wildman–Crippen MR) is 64.8 cm³/mol. The van der Waals surface area contributed by atoms with E-state index in [0.29, 0.717) is 24.1 Å². The molecule has 0 saturated carbocycles. The zero-order valence-corrected chi connectivity index (χ0v) is 10.5. The molecule has 2 N–H and O–H groups in total. The van der Waals surface area contributed by atoms with Crippen LogP contribution in [0.2, 0.25) is 0 Å². The van der Waals surface area contributed by atoms with Gasteiger partial charge in [-0.15, -0.1) is 0 Å². The largest absolute Gasteiger partial charge is 0.461 e. The zero-order chi connectivity index (χ0) is 13.0. The van der Waals surface area contributed by atoms with Crippen molar-refractivity contribution in [2.24, 2.45) is 5.73 Å². The van der Waals surface area contributed by atoms with Crippen LogP contribution in [0.3, 0.4) is 0 Å². The number of nitrogens with two attached hydrogens (primary N) is 1. The highest BCUT2D eigenvalue weighted by atomic mass is 16.5. The van der Waals surface area contributed by atoms with Crippen LogP contribution in [0.1, 0.15) is 30.3 Å². The summed E-state index contributed by atoms with van der Waals surface area (Å²) in [4.78, 5) is 4.25. The van der Waals surface area contributed by atoms with E-state index >= 15 is 0 Å². The molecule has 1 atom stereocenters. The Morgan fingerprint density at radius 1 is 1.50 bits per heavy atom. The summed E-state index contributed by atoms with van der Waals surface area (Å²) in [6.07, 6.45) is 3.20. The van der Waals surface area contributed by atoms with Gasteiger partial charge in [0.25, 0.3) is 0 Å². The van der Waals surface area contributed by atoms with Crippen molar-refractivity contribution in [2.75, 3.05) is 13.7 Å². The van der Waals surface area contributed by atoms with Gasteiger partial charge in [0.1, 0.15) is 0 Å². The van der Waals surface area contributed by atoms with Crippen molar-refractivity contribution in [2.45, 2.75) is 25.8 Å². The maximum Gasteiger partial charge on any atom is 0.243 e. The third-order valence-electron chi connectivity index (χ3n) is 2.69. The summed E-state index contributed by atoms with van der Waals surface area (Å²) >= 11 is 0. The van der Waals surface area contributed by atoms with Crippen LogP contribution in [-0.4, -0.2) is 23.9 Å². The number of aromatic nitrogens is 2. The molecule has 0 aromatic carbocycles. The smallest absolute Gasteiger partial charge is 0.243 e. The van der Waals surface area contributed by atoms with Crippen LogP contribution in [0.15, 0.2) is 21.3 Å². The van der Waals surface area contributed by atoms with E-state index in [4.69, 9.17) is 19.4 Å². The summed E-state index contributed by atoms with van der Waals surface area (Å²) in [7, 11) is 1.66. The van der Waals surface area contributed by atoms with Gasteiger partial charge >= 0.3 is 0 Å². The molecule has 6 nitrogen and oxygen atoms in total. The number of nitrogens with zero attached hydrogens (tertiary/aromatic N) is 2.